The lowest BCUT2D eigenvalue weighted by Gasteiger charge is -2.05. The van der Waals surface area contributed by atoms with Crippen molar-refractivity contribution in [2.45, 2.75) is 0 Å². The van der Waals surface area contributed by atoms with Gasteiger partial charge in [0.05, 0.1) is 15.6 Å². The third-order valence-corrected chi connectivity index (χ3v) is 3.15. The summed E-state index contributed by atoms with van der Waals surface area (Å²) in [7, 11) is 0. The van der Waals surface area contributed by atoms with Crippen molar-refractivity contribution in [2.75, 3.05) is 0 Å². The summed E-state index contributed by atoms with van der Waals surface area (Å²) in [5.74, 6) is -0.796. The third-order valence-electron chi connectivity index (χ3n) is 2.41. The summed E-state index contributed by atoms with van der Waals surface area (Å²) in [6.45, 7) is 0. The summed E-state index contributed by atoms with van der Waals surface area (Å²) < 4.78 is 0. The maximum atomic E-state index is 12.1. The molecule has 2 aromatic rings. The molecular formula is C13H8Cl2O3. The molecule has 0 saturated heterocycles. The molecule has 0 unspecified atom stereocenters. The Bertz CT molecular complexity index is 624. The van der Waals surface area contributed by atoms with Crippen molar-refractivity contribution in [3.8, 4) is 11.5 Å². The number of rotatable bonds is 2. The number of phenolic OH excluding ortho intramolecular Hbond substituents is 2. The minimum atomic E-state index is -0.397. The summed E-state index contributed by atoms with van der Waals surface area (Å²) in [6.07, 6.45) is 0. The number of phenols is 2. The van der Waals surface area contributed by atoms with Crippen molar-refractivity contribution in [3.63, 3.8) is 0 Å². The number of carbonyl (C=O) groups is 1. The van der Waals surface area contributed by atoms with Crippen LogP contribution in [0.4, 0.5) is 0 Å². The first-order valence-corrected chi connectivity index (χ1v) is 5.76. The SMILES string of the molecule is O=C(c1ccc(Cl)c(Cl)c1)c1ccc(O)cc1O. The van der Waals surface area contributed by atoms with Crippen LogP contribution in [0.2, 0.25) is 10.0 Å². The molecule has 0 heterocycles. The van der Waals surface area contributed by atoms with Crippen LogP contribution in [-0.4, -0.2) is 16.0 Å². The average molecular weight is 283 g/mol. The summed E-state index contributed by atoms with van der Waals surface area (Å²) in [6, 6.07) is 8.22. The van der Waals surface area contributed by atoms with E-state index in [1.807, 2.05) is 0 Å². The highest BCUT2D eigenvalue weighted by Crippen LogP contribution is 2.28. The van der Waals surface area contributed by atoms with E-state index in [1.165, 1.54) is 30.3 Å². The zero-order chi connectivity index (χ0) is 13.3. The van der Waals surface area contributed by atoms with Crippen molar-refractivity contribution in [1.29, 1.82) is 0 Å². The van der Waals surface area contributed by atoms with Crippen LogP contribution in [0.25, 0.3) is 0 Å². The maximum absolute atomic E-state index is 12.1. The van der Waals surface area contributed by atoms with Crippen molar-refractivity contribution >= 4 is 29.0 Å². The summed E-state index contributed by atoms with van der Waals surface area (Å²) >= 11 is 11.6. The second-order valence-corrected chi connectivity index (χ2v) is 4.47. The third kappa shape index (κ3) is 2.42. The van der Waals surface area contributed by atoms with Gasteiger partial charge in [0.1, 0.15) is 11.5 Å². The molecule has 3 nitrogen and oxygen atoms in total. The Kier molecular flexibility index (Phi) is 3.45. The molecule has 0 radical (unpaired) electrons. The molecule has 5 heteroatoms. The predicted octanol–water partition coefficient (Wildman–Crippen LogP) is 3.64. The van der Waals surface area contributed by atoms with Gasteiger partial charge in [0.2, 0.25) is 0 Å². The lowest BCUT2D eigenvalue weighted by atomic mass is 10.0. The Morgan fingerprint density at radius 2 is 1.67 bits per heavy atom. The molecule has 0 aliphatic rings. The van der Waals surface area contributed by atoms with E-state index in [9.17, 15) is 9.90 Å². The minimum absolute atomic E-state index is 0.0891. The summed E-state index contributed by atoms with van der Waals surface area (Å²) in [5, 5.41) is 19.4. The number of halogens is 2. The second kappa shape index (κ2) is 4.88. The van der Waals surface area contributed by atoms with Crippen LogP contribution < -0.4 is 0 Å². The lowest BCUT2D eigenvalue weighted by molar-refractivity contribution is 0.103. The van der Waals surface area contributed by atoms with Gasteiger partial charge in [-0.3, -0.25) is 4.79 Å². The van der Waals surface area contributed by atoms with Gasteiger partial charge in [-0.2, -0.15) is 0 Å². The normalized spacial score (nSPS) is 10.3. The van der Waals surface area contributed by atoms with Crippen molar-refractivity contribution in [2.24, 2.45) is 0 Å². The van der Waals surface area contributed by atoms with Crippen LogP contribution >= 0.6 is 23.2 Å². The quantitative estimate of drug-likeness (QED) is 0.827. The molecule has 0 saturated carbocycles. The fourth-order valence-electron chi connectivity index (χ4n) is 1.50. The van der Waals surface area contributed by atoms with E-state index in [-0.39, 0.29) is 22.1 Å². The Hall–Kier alpha value is -1.71. The molecule has 0 atom stereocenters. The number of benzene rings is 2. The monoisotopic (exact) mass is 282 g/mol. The first-order chi connectivity index (χ1) is 8.49. The van der Waals surface area contributed by atoms with Crippen LogP contribution in [0.15, 0.2) is 36.4 Å². The molecular weight excluding hydrogens is 275 g/mol. The highest BCUT2D eigenvalue weighted by atomic mass is 35.5. The van der Waals surface area contributed by atoms with Crippen molar-refractivity contribution in [1.82, 2.24) is 0 Å². The van der Waals surface area contributed by atoms with Gasteiger partial charge >= 0.3 is 0 Å². The van der Waals surface area contributed by atoms with E-state index in [4.69, 9.17) is 28.3 Å². The molecule has 18 heavy (non-hydrogen) atoms. The minimum Gasteiger partial charge on any atom is -0.508 e. The number of hydrogen-bond acceptors (Lipinski definition) is 3. The van der Waals surface area contributed by atoms with Gasteiger partial charge in [-0.15, -0.1) is 0 Å². The van der Waals surface area contributed by atoms with Gasteiger partial charge in [0.15, 0.2) is 5.78 Å². The Morgan fingerprint density at radius 1 is 0.944 bits per heavy atom. The first-order valence-electron chi connectivity index (χ1n) is 5.01. The number of ketones is 1. The Balaban J connectivity index is 2.44. The van der Waals surface area contributed by atoms with E-state index in [0.717, 1.165) is 6.07 Å². The maximum Gasteiger partial charge on any atom is 0.196 e. The highest BCUT2D eigenvalue weighted by Gasteiger charge is 2.15. The molecule has 2 aromatic carbocycles. The Morgan fingerprint density at radius 3 is 2.28 bits per heavy atom. The predicted molar refractivity (Wildman–Crippen MR) is 69.7 cm³/mol. The van der Waals surface area contributed by atoms with Gasteiger partial charge in [0.25, 0.3) is 0 Å². The molecule has 0 spiro atoms. The van der Waals surface area contributed by atoms with Gasteiger partial charge in [-0.1, -0.05) is 23.2 Å². The molecule has 2 N–H and O–H groups in total. The van der Waals surface area contributed by atoms with E-state index in [2.05, 4.69) is 0 Å². The highest BCUT2D eigenvalue weighted by molar-refractivity contribution is 6.42. The summed E-state index contributed by atoms with van der Waals surface area (Å²) in [5.41, 5.74) is 0.400. The van der Waals surface area contributed by atoms with Crippen molar-refractivity contribution < 1.29 is 15.0 Å². The number of hydrogen-bond donors (Lipinski definition) is 2. The van der Waals surface area contributed by atoms with Crippen LogP contribution in [-0.2, 0) is 0 Å². The number of carbonyl (C=O) groups excluding carboxylic acids is 1. The molecule has 0 bridgehead atoms. The number of aromatic hydroxyl groups is 2. The Labute approximate surface area is 113 Å². The van der Waals surface area contributed by atoms with Crippen LogP contribution in [0.5, 0.6) is 11.5 Å². The van der Waals surface area contributed by atoms with Crippen LogP contribution in [0, 0.1) is 0 Å². The van der Waals surface area contributed by atoms with E-state index < -0.39 is 5.78 Å². The van der Waals surface area contributed by atoms with Gasteiger partial charge in [-0.25, -0.2) is 0 Å². The fraction of sp³-hybridized carbons (Fsp3) is 0. The molecule has 0 aromatic heterocycles. The van der Waals surface area contributed by atoms with Crippen LogP contribution in [0.3, 0.4) is 0 Å². The van der Waals surface area contributed by atoms with Gasteiger partial charge in [-0.05, 0) is 30.3 Å². The summed E-state index contributed by atoms with van der Waals surface area (Å²) in [4.78, 5) is 12.1. The molecule has 2 rings (SSSR count). The average Bonchev–Trinajstić information content (AvgIpc) is 2.32. The fourth-order valence-corrected chi connectivity index (χ4v) is 1.80. The van der Waals surface area contributed by atoms with Gasteiger partial charge < -0.3 is 10.2 Å². The van der Waals surface area contributed by atoms with Gasteiger partial charge in [0, 0.05) is 11.6 Å². The smallest absolute Gasteiger partial charge is 0.196 e. The lowest BCUT2D eigenvalue weighted by Crippen LogP contribution is -2.01. The van der Waals surface area contributed by atoms with Crippen LogP contribution in [0.1, 0.15) is 15.9 Å². The van der Waals surface area contributed by atoms with E-state index in [0.29, 0.717) is 10.6 Å². The largest absolute Gasteiger partial charge is 0.508 e. The van der Waals surface area contributed by atoms with Crippen molar-refractivity contribution in [3.05, 3.63) is 57.6 Å². The standard InChI is InChI=1S/C13H8Cl2O3/c14-10-4-1-7(5-11(10)15)13(18)9-3-2-8(16)6-12(9)17/h1-6,16-17H. The topological polar surface area (TPSA) is 57.5 Å². The first kappa shape index (κ1) is 12.7. The second-order valence-electron chi connectivity index (χ2n) is 3.66. The van der Waals surface area contributed by atoms with E-state index in [1.54, 1.807) is 0 Å². The molecule has 0 fully saturated rings. The molecule has 92 valence electrons. The molecule has 0 amide bonds. The zero-order valence-electron chi connectivity index (χ0n) is 9.02. The molecule has 0 aliphatic heterocycles. The molecule has 0 aliphatic carbocycles. The van der Waals surface area contributed by atoms with E-state index >= 15 is 0 Å². The zero-order valence-corrected chi connectivity index (χ0v) is 10.5.